The zero-order valence-electron chi connectivity index (χ0n) is 20.8. The van der Waals surface area contributed by atoms with Crippen molar-refractivity contribution < 1.29 is 36.4 Å². The van der Waals surface area contributed by atoms with Crippen LogP contribution in [0.4, 0.5) is 0 Å². The van der Waals surface area contributed by atoms with Crippen LogP contribution in [0.5, 0.6) is 0 Å². The van der Waals surface area contributed by atoms with Crippen LogP contribution in [-0.4, -0.2) is 58.6 Å². The van der Waals surface area contributed by atoms with E-state index in [9.17, 15) is 18.0 Å². The third-order valence-electron chi connectivity index (χ3n) is 5.08. The quantitative estimate of drug-likeness (QED) is 0.0782. The predicted octanol–water partition coefficient (Wildman–Crippen LogP) is 4.05. The Labute approximate surface area is 216 Å². The van der Waals surface area contributed by atoms with Crippen LogP contribution in [0.3, 0.4) is 0 Å². The SMILES string of the molecule is CC(C)(COS(=O)(=O)CCCN=[N+]=[N-])C(OCc1ccccc1)C(=O)OCCOC(=O)c1ccccc1. The molecule has 1 unspecified atom stereocenters. The van der Waals surface area contributed by atoms with Crippen molar-refractivity contribution in [3.8, 4) is 0 Å². The lowest BCUT2D eigenvalue weighted by Crippen LogP contribution is -2.44. The van der Waals surface area contributed by atoms with E-state index >= 15 is 0 Å². The molecule has 11 nitrogen and oxygen atoms in total. The fraction of sp³-hybridized carbons (Fsp3) is 0.440. The molecule has 0 saturated carbocycles. The van der Waals surface area contributed by atoms with E-state index in [2.05, 4.69) is 10.0 Å². The third kappa shape index (κ3) is 11.0. The summed E-state index contributed by atoms with van der Waals surface area (Å²) in [6.45, 7) is 2.61. The summed E-state index contributed by atoms with van der Waals surface area (Å²) < 4.78 is 45.9. The molecular formula is C25H31N3O8S. The van der Waals surface area contributed by atoms with Gasteiger partial charge >= 0.3 is 11.9 Å². The summed E-state index contributed by atoms with van der Waals surface area (Å²) in [4.78, 5) is 27.6. The van der Waals surface area contributed by atoms with Crippen LogP contribution in [-0.2, 0) is 39.9 Å². The first kappa shape index (κ1) is 29.8. The Morgan fingerprint density at radius 3 is 2.27 bits per heavy atom. The zero-order chi connectivity index (χ0) is 27.2. The molecular weight excluding hydrogens is 502 g/mol. The van der Waals surface area contributed by atoms with E-state index in [0.717, 1.165) is 5.56 Å². The van der Waals surface area contributed by atoms with E-state index in [-0.39, 0.29) is 45.1 Å². The second kappa shape index (κ2) is 15.0. The van der Waals surface area contributed by atoms with Gasteiger partial charge in [-0.05, 0) is 29.6 Å². The molecule has 0 spiro atoms. The molecule has 2 aromatic carbocycles. The molecule has 0 radical (unpaired) electrons. The summed E-state index contributed by atoms with van der Waals surface area (Å²) in [5.41, 5.74) is 8.37. The van der Waals surface area contributed by atoms with Gasteiger partial charge in [-0.15, -0.1) is 0 Å². The molecule has 0 saturated heterocycles. The maximum atomic E-state index is 13.0. The minimum absolute atomic E-state index is 0.0203. The normalized spacial score (nSPS) is 12.3. The minimum Gasteiger partial charge on any atom is -0.460 e. The van der Waals surface area contributed by atoms with Gasteiger partial charge in [-0.25, -0.2) is 9.59 Å². The molecule has 0 bridgehead atoms. The standard InChI is InChI=1S/C25H31N3O8S/c1-25(2,19-36-37(31,32)17-9-14-27-28-26)22(35-18-20-10-5-3-6-11-20)24(30)34-16-15-33-23(29)21-12-7-4-8-13-21/h3-8,10-13,22H,9,14-19H2,1-2H3. The molecule has 0 aliphatic carbocycles. The van der Waals surface area contributed by atoms with Gasteiger partial charge in [0.15, 0.2) is 6.10 Å². The molecule has 0 fully saturated rings. The third-order valence-corrected chi connectivity index (χ3v) is 6.35. The Bertz CT molecular complexity index is 1150. The van der Waals surface area contributed by atoms with E-state index < -0.39 is 33.6 Å². The maximum Gasteiger partial charge on any atom is 0.338 e. The van der Waals surface area contributed by atoms with Gasteiger partial charge in [-0.2, -0.15) is 8.42 Å². The first-order chi connectivity index (χ1) is 17.6. The number of azide groups is 1. The molecule has 1 atom stereocenters. The van der Waals surface area contributed by atoms with Gasteiger partial charge in [0, 0.05) is 16.9 Å². The molecule has 0 heterocycles. The van der Waals surface area contributed by atoms with Gasteiger partial charge in [-0.1, -0.05) is 67.5 Å². The molecule has 2 aromatic rings. The Morgan fingerprint density at radius 1 is 1.00 bits per heavy atom. The van der Waals surface area contributed by atoms with Gasteiger partial charge in [0.05, 0.1) is 24.5 Å². The average molecular weight is 534 g/mol. The number of benzene rings is 2. The highest BCUT2D eigenvalue weighted by Gasteiger charge is 2.39. The van der Waals surface area contributed by atoms with Crippen LogP contribution in [0.25, 0.3) is 10.4 Å². The first-order valence-corrected chi connectivity index (χ1v) is 13.1. The van der Waals surface area contributed by atoms with Crippen molar-refractivity contribution in [1.82, 2.24) is 0 Å². The number of carbonyl (C=O) groups is 2. The van der Waals surface area contributed by atoms with Crippen molar-refractivity contribution in [3.05, 3.63) is 82.2 Å². The van der Waals surface area contributed by atoms with Crippen LogP contribution >= 0.6 is 0 Å². The van der Waals surface area contributed by atoms with Gasteiger partial charge in [-0.3, -0.25) is 4.18 Å². The van der Waals surface area contributed by atoms with Crippen molar-refractivity contribution in [2.24, 2.45) is 10.5 Å². The fourth-order valence-electron chi connectivity index (χ4n) is 3.11. The van der Waals surface area contributed by atoms with E-state index in [1.807, 2.05) is 30.3 Å². The van der Waals surface area contributed by atoms with Gasteiger partial charge in [0.25, 0.3) is 10.1 Å². The summed E-state index contributed by atoms with van der Waals surface area (Å²) in [6, 6.07) is 17.5. The Hall–Kier alpha value is -3.44. The zero-order valence-corrected chi connectivity index (χ0v) is 21.6. The van der Waals surface area contributed by atoms with Crippen LogP contribution in [0.1, 0.15) is 36.2 Å². The predicted molar refractivity (Wildman–Crippen MR) is 135 cm³/mol. The minimum atomic E-state index is -3.93. The van der Waals surface area contributed by atoms with Gasteiger partial charge in [0.1, 0.15) is 13.2 Å². The smallest absolute Gasteiger partial charge is 0.338 e. The van der Waals surface area contributed by atoms with Gasteiger partial charge in [0.2, 0.25) is 0 Å². The number of rotatable bonds is 16. The molecule has 0 aromatic heterocycles. The lowest BCUT2D eigenvalue weighted by molar-refractivity contribution is -0.170. The molecule has 37 heavy (non-hydrogen) atoms. The number of hydrogen-bond donors (Lipinski definition) is 0. The van der Waals surface area contributed by atoms with Crippen molar-refractivity contribution >= 4 is 22.1 Å². The van der Waals surface area contributed by atoms with Crippen molar-refractivity contribution in [2.45, 2.75) is 33.0 Å². The second-order valence-electron chi connectivity index (χ2n) is 8.67. The molecule has 0 amide bonds. The van der Waals surface area contributed by atoms with Crippen molar-refractivity contribution in [2.75, 3.05) is 32.1 Å². The highest BCUT2D eigenvalue weighted by atomic mass is 32.2. The van der Waals surface area contributed by atoms with Crippen LogP contribution in [0.15, 0.2) is 65.8 Å². The highest BCUT2D eigenvalue weighted by molar-refractivity contribution is 7.86. The summed E-state index contributed by atoms with van der Waals surface area (Å²) in [5, 5.41) is 3.30. The lowest BCUT2D eigenvalue weighted by atomic mass is 9.87. The average Bonchev–Trinajstić information content (AvgIpc) is 2.89. The number of esters is 2. The first-order valence-electron chi connectivity index (χ1n) is 11.6. The largest absolute Gasteiger partial charge is 0.460 e. The van der Waals surface area contributed by atoms with Crippen LogP contribution in [0, 0.1) is 5.41 Å². The molecule has 200 valence electrons. The maximum absolute atomic E-state index is 13.0. The topological polar surface area (TPSA) is 154 Å². The molecule has 0 aliphatic heterocycles. The Balaban J connectivity index is 1.98. The molecule has 12 heteroatoms. The number of carbonyl (C=O) groups excluding carboxylic acids is 2. The van der Waals surface area contributed by atoms with E-state index in [0.29, 0.717) is 5.56 Å². The van der Waals surface area contributed by atoms with Gasteiger partial charge < -0.3 is 14.2 Å². The molecule has 0 N–H and O–H groups in total. The Morgan fingerprint density at radius 2 is 1.62 bits per heavy atom. The van der Waals surface area contributed by atoms with E-state index in [1.165, 1.54) is 0 Å². The van der Waals surface area contributed by atoms with Crippen LogP contribution < -0.4 is 0 Å². The summed E-state index contributed by atoms with van der Waals surface area (Å²) in [5.74, 6) is -1.64. The Kier molecular flexibility index (Phi) is 12.0. The summed E-state index contributed by atoms with van der Waals surface area (Å²) in [7, 11) is -3.93. The lowest BCUT2D eigenvalue weighted by Gasteiger charge is -2.32. The monoisotopic (exact) mass is 533 g/mol. The highest BCUT2D eigenvalue weighted by Crippen LogP contribution is 2.27. The van der Waals surface area contributed by atoms with Crippen LogP contribution in [0.2, 0.25) is 0 Å². The second-order valence-corrected chi connectivity index (χ2v) is 10.4. The van der Waals surface area contributed by atoms with E-state index in [4.69, 9.17) is 23.9 Å². The molecule has 2 rings (SSSR count). The van der Waals surface area contributed by atoms with Crippen molar-refractivity contribution in [3.63, 3.8) is 0 Å². The van der Waals surface area contributed by atoms with Crippen molar-refractivity contribution in [1.29, 1.82) is 0 Å². The number of hydrogen-bond acceptors (Lipinski definition) is 9. The number of nitrogens with zero attached hydrogens (tertiary/aromatic N) is 3. The molecule has 0 aliphatic rings. The fourth-order valence-corrected chi connectivity index (χ4v) is 4.19. The summed E-state index contributed by atoms with van der Waals surface area (Å²) >= 11 is 0. The van der Waals surface area contributed by atoms with E-state index in [1.54, 1.807) is 44.2 Å². The number of ether oxygens (including phenoxy) is 3. The summed E-state index contributed by atoms with van der Waals surface area (Å²) in [6.07, 6.45) is -1.08.